The molecule has 4 rings (SSSR count). The number of amides is 1. The first-order valence-corrected chi connectivity index (χ1v) is 8.89. The maximum atomic E-state index is 13.1. The Hall–Kier alpha value is -2.19. The predicted molar refractivity (Wildman–Crippen MR) is 93.7 cm³/mol. The fourth-order valence-electron chi connectivity index (χ4n) is 4.24. The summed E-state index contributed by atoms with van der Waals surface area (Å²) in [6.07, 6.45) is 4.36. The number of methoxy groups -OCH3 is 1. The molecule has 1 amide bonds. The van der Waals surface area contributed by atoms with Crippen LogP contribution >= 0.6 is 0 Å². The molecule has 8 nitrogen and oxygen atoms in total. The van der Waals surface area contributed by atoms with Gasteiger partial charge in [0.25, 0.3) is 5.91 Å². The van der Waals surface area contributed by atoms with Crippen molar-refractivity contribution in [3.05, 3.63) is 35.2 Å². The third-order valence-electron chi connectivity index (χ3n) is 5.51. The Balaban J connectivity index is 1.59. The van der Waals surface area contributed by atoms with Gasteiger partial charge in [0.05, 0.1) is 31.0 Å². The van der Waals surface area contributed by atoms with E-state index in [1.807, 2.05) is 38.7 Å². The average molecular weight is 359 g/mol. The molecule has 0 N–H and O–H groups in total. The SMILES string of the molecule is COC1(c2nccn2C)CN(C(=O)c2nn(C)c3c2C[C@H](C)O[C@@H]3C)C1. The van der Waals surface area contributed by atoms with Gasteiger partial charge in [0.2, 0.25) is 0 Å². The first kappa shape index (κ1) is 17.2. The van der Waals surface area contributed by atoms with Crippen molar-refractivity contribution in [1.29, 1.82) is 0 Å². The minimum absolute atomic E-state index is 0.0509. The summed E-state index contributed by atoms with van der Waals surface area (Å²) in [6.45, 7) is 4.98. The lowest BCUT2D eigenvalue weighted by Crippen LogP contribution is -2.63. The second-order valence-electron chi connectivity index (χ2n) is 7.35. The molecule has 0 aromatic carbocycles. The van der Waals surface area contributed by atoms with Crippen molar-refractivity contribution in [2.24, 2.45) is 14.1 Å². The van der Waals surface area contributed by atoms with Crippen molar-refractivity contribution in [2.75, 3.05) is 20.2 Å². The number of hydrogen-bond acceptors (Lipinski definition) is 5. The molecular formula is C18H25N5O3. The lowest BCUT2D eigenvalue weighted by atomic mass is 9.91. The first-order valence-electron chi connectivity index (χ1n) is 8.89. The molecule has 2 aliphatic heterocycles. The molecule has 1 saturated heterocycles. The Kier molecular flexibility index (Phi) is 3.92. The van der Waals surface area contributed by atoms with Crippen LogP contribution in [0.15, 0.2) is 12.4 Å². The minimum atomic E-state index is -0.549. The molecule has 2 aromatic rings. The highest BCUT2D eigenvalue weighted by atomic mass is 16.5. The lowest BCUT2D eigenvalue weighted by Gasteiger charge is -2.48. The summed E-state index contributed by atoms with van der Waals surface area (Å²) in [5, 5.41) is 4.52. The van der Waals surface area contributed by atoms with Crippen LogP contribution in [-0.4, -0.2) is 56.4 Å². The maximum absolute atomic E-state index is 13.1. The van der Waals surface area contributed by atoms with Crippen LogP contribution in [0.5, 0.6) is 0 Å². The van der Waals surface area contributed by atoms with Crippen molar-refractivity contribution >= 4 is 5.91 Å². The van der Waals surface area contributed by atoms with E-state index in [4.69, 9.17) is 9.47 Å². The first-order chi connectivity index (χ1) is 12.4. The molecule has 0 aliphatic carbocycles. The second kappa shape index (κ2) is 5.92. The largest absolute Gasteiger partial charge is 0.369 e. The van der Waals surface area contributed by atoms with Gasteiger partial charge in [-0.25, -0.2) is 4.98 Å². The van der Waals surface area contributed by atoms with Gasteiger partial charge in [-0.05, 0) is 13.8 Å². The number of rotatable bonds is 3. The molecular weight excluding hydrogens is 334 g/mol. The van der Waals surface area contributed by atoms with Crippen LogP contribution in [0.1, 0.15) is 47.5 Å². The number of fused-ring (bicyclic) bond motifs is 1. The number of nitrogens with zero attached hydrogens (tertiary/aromatic N) is 5. The fourth-order valence-corrected chi connectivity index (χ4v) is 4.24. The number of hydrogen-bond donors (Lipinski definition) is 0. The highest BCUT2D eigenvalue weighted by Crippen LogP contribution is 2.37. The number of aryl methyl sites for hydroxylation is 2. The van der Waals surface area contributed by atoms with Crippen LogP contribution in [0, 0.1) is 0 Å². The molecule has 0 saturated carbocycles. The molecule has 2 aliphatic rings. The maximum Gasteiger partial charge on any atom is 0.274 e. The highest BCUT2D eigenvalue weighted by molar-refractivity contribution is 5.95. The van der Waals surface area contributed by atoms with E-state index in [1.54, 1.807) is 22.9 Å². The van der Waals surface area contributed by atoms with E-state index in [0.717, 1.165) is 17.1 Å². The number of imidazole rings is 1. The van der Waals surface area contributed by atoms with Gasteiger partial charge in [0.15, 0.2) is 11.3 Å². The highest BCUT2D eigenvalue weighted by Gasteiger charge is 2.50. The molecule has 0 unspecified atom stereocenters. The molecule has 2 aromatic heterocycles. The summed E-state index contributed by atoms with van der Waals surface area (Å²) >= 11 is 0. The number of carbonyl (C=O) groups excluding carboxylic acids is 1. The van der Waals surface area contributed by atoms with Gasteiger partial charge in [-0.3, -0.25) is 9.48 Å². The normalized spacial score (nSPS) is 24.3. The number of ether oxygens (including phenoxy) is 2. The van der Waals surface area contributed by atoms with Crippen LogP contribution in [0.3, 0.4) is 0 Å². The Bertz CT molecular complexity index is 849. The van der Waals surface area contributed by atoms with Crippen molar-refractivity contribution < 1.29 is 14.3 Å². The number of carbonyl (C=O) groups is 1. The van der Waals surface area contributed by atoms with Crippen molar-refractivity contribution in [2.45, 2.75) is 38.1 Å². The van der Waals surface area contributed by atoms with Crippen molar-refractivity contribution in [1.82, 2.24) is 24.2 Å². The van der Waals surface area contributed by atoms with Gasteiger partial charge < -0.3 is 18.9 Å². The molecule has 140 valence electrons. The topological polar surface area (TPSA) is 74.4 Å². The quantitative estimate of drug-likeness (QED) is 0.823. The fraction of sp³-hybridized carbons (Fsp3) is 0.611. The van der Waals surface area contributed by atoms with Crippen LogP contribution in [0.2, 0.25) is 0 Å². The molecule has 0 bridgehead atoms. The third kappa shape index (κ3) is 2.39. The van der Waals surface area contributed by atoms with E-state index in [2.05, 4.69) is 10.1 Å². The van der Waals surface area contributed by atoms with Crippen LogP contribution in [0.25, 0.3) is 0 Å². The molecule has 26 heavy (non-hydrogen) atoms. The molecule has 0 spiro atoms. The monoisotopic (exact) mass is 359 g/mol. The smallest absolute Gasteiger partial charge is 0.274 e. The standard InChI is InChI=1S/C18H25N5O3/c1-11-8-13-14(20-22(4)15(13)12(2)26-11)16(24)23-9-18(10-23,25-5)17-19-6-7-21(17)3/h6-7,11-12H,8-10H2,1-5H3/t11-,12+/m0/s1. The van der Waals surface area contributed by atoms with E-state index in [1.165, 1.54) is 0 Å². The van der Waals surface area contributed by atoms with E-state index >= 15 is 0 Å². The number of likely N-dealkylation sites (tertiary alicyclic amines) is 1. The van der Waals surface area contributed by atoms with Crippen molar-refractivity contribution in [3.8, 4) is 0 Å². The summed E-state index contributed by atoms with van der Waals surface area (Å²) in [5.41, 5.74) is 1.99. The molecule has 4 heterocycles. The molecule has 2 atom stereocenters. The summed E-state index contributed by atoms with van der Waals surface area (Å²) in [4.78, 5) is 19.3. The van der Waals surface area contributed by atoms with Crippen LogP contribution < -0.4 is 0 Å². The van der Waals surface area contributed by atoms with Crippen molar-refractivity contribution in [3.63, 3.8) is 0 Å². The van der Waals surface area contributed by atoms with E-state index < -0.39 is 5.60 Å². The van der Waals surface area contributed by atoms with Gasteiger partial charge in [-0.15, -0.1) is 0 Å². The summed E-state index contributed by atoms with van der Waals surface area (Å²) in [6, 6.07) is 0. The lowest BCUT2D eigenvalue weighted by molar-refractivity contribution is -0.121. The Morgan fingerprint density at radius 1 is 1.35 bits per heavy atom. The zero-order chi connectivity index (χ0) is 18.6. The van der Waals surface area contributed by atoms with Crippen LogP contribution in [0.4, 0.5) is 0 Å². The van der Waals surface area contributed by atoms with Gasteiger partial charge in [-0.2, -0.15) is 5.10 Å². The number of aromatic nitrogens is 4. The Morgan fingerprint density at radius 3 is 2.69 bits per heavy atom. The van der Waals surface area contributed by atoms with E-state index in [0.29, 0.717) is 25.2 Å². The summed E-state index contributed by atoms with van der Waals surface area (Å²) < 4.78 is 15.3. The van der Waals surface area contributed by atoms with Crippen LogP contribution in [-0.2, 0) is 35.6 Å². The zero-order valence-corrected chi connectivity index (χ0v) is 15.9. The van der Waals surface area contributed by atoms with Gasteiger partial charge in [-0.1, -0.05) is 0 Å². The van der Waals surface area contributed by atoms with E-state index in [-0.39, 0.29) is 18.1 Å². The summed E-state index contributed by atoms with van der Waals surface area (Å²) in [7, 11) is 5.47. The minimum Gasteiger partial charge on any atom is -0.369 e. The molecule has 8 heteroatoms. The second-order valence-corrected chi connectivity index (χ2v) is 7.35. The van der Waals surface area contributed by atoms with E-state index in [9.17, 15) is 4.79 Å². The van der Waals surface area contributed by atoms with Gasteiger partial charge >= 0.3 is 0 Å². The zero-order valence-electron chi connectivity index (χ0n) is 15.9. The predicted octanol–water partition coefficient (Wildman–Crippen LogP) is 1.17. The van der Waals surface area contributed by atoms with Gasteiger partial charge in [0, 0.05) is 45.6 Å². The Morgan fingerprint density at radius 2 is 2.08 bits per heavy atom. The molecule has 0 radical (unpaired) electrons. The summed E-state index contributed by atoms with van der Waals surface area (Å²) in [5.74, 6) is 0.785. The molecule has 1 fully saturated rings. The third-order valence-corrected chi connectivity index (χ3v) is 5.51. The van der Waals surface area contributed by atoms with Gasteiger partial charge in [0.1, 0.15) is 5.82 Å². The average Bonchev–Trinajstić information content (AvgIpc) is 3.11. The Labute approximate surface area is 152 Å².